The highest BCUT2D eigenvalue weighted by molar-refractivity contribution is 5.86. The molecular weight excluding hydrogens is 256 g/mol. The molecule has 0 aromatic heterocycles. The molecule has 0 aliphatic heterocycles. The van der Waals surface area contributed by atoms with E-state index >= 15 is 0 Å². The Balaban J connectivity index is 4.68. The maximum atomic E-state index is 12.3. The lowest BCUT2D eigenvalue weighted by atomic mass is 9.88. The van der Waals surface area contributed by atoms with Crippen molar-refractivity contribution >= 4 is 11.9 Å². The summed E-state index contributed by atoms with van der Waals surface area (Å²) in [6.07, 6.45) is 2.05. The van der Waals surface area contributed by atoms with E-state index in [0.29, 0.717) is 31.3 Å². The van der Waals surface area contributed by atoms with Crippen molar-refractivity contribution in [2.24, 2.45) is 17.6 Å². The number of likely N-dealkylation sites (N-methyl/N-ethyl adjacent to an activating group) is 1. The van der Waals surface area contributed by atoms with Crippen molar-refractivity contribution in [1.29, 1.82) is 0 Å². The minimum atomic E-state index is -1.16. The third kappa shape index (κ3) is 5.12. The lowest BCUT2D eigenvalue weighted by Crippen LogP contribution is -2.52. The first-order valence-electron chi connectivity index (χ1n) is 7.42. The van der Waals surface area contributed by atoms with E-state index in [9.17, 15) is 14.7 Å². The fourth-order valence-corrected chi connectivity index (χ4v) is 2.47. The molecule has 5 nitrogen and oxygen atoms in total. The molecule has 0 bridgehead atoms. The van der Waals surface area contributed by atoms with Crippen molar-refractivity contribution in [3.05, 3.63) is 0 Å². The highest BCUT2D eigenvalue weighted by Gasteiger charge is 2.36. The monoisotopic (exact) mass is 286 g/mol. The van der Waals surface area contributed by atoms with Crippen LogP contribution in [-0.4, -0.2) is 40.5 Å². The molecule has 0 aromatic carbocycles. The summed E-state index contributed by atoms with van der Waals surface area (Å²) in [7, 11) is 0. The standard InChI is InChI=1S/C15H30N2O3/c1-6-17(15(4,5)14(19)20)13(18)8-7-12(9-10-16)11(2)3/h11-12H,6-10,16H2,1-5H3,(H,19,20). The zero-order chi connectivity index (χ0) is 15.9. The molecule has 1 unspecified atom stereocenters. The quantitative estimate of drug-likeness (QED) is 0.680. The van der Waals surface area contributed by atoms with E-state index in [-0.39, 0.29) is 5.91 Å². The third-order valence-electron chi connectivity index (χ3n) is 4.02. The normalized spacial score (nSPS) is 13.3. The Bertz CT molecular complexity index is 327. The molecule has 0 fully saturated rings. The summed E-state index contributed by atoms with van der Waals surface area (Å²) in [4.78, 5) is 25.0. The summed E-state index contributed by atoms with van der Waals surface area (Å²) in [6, 6.07) is 0. The van der Waals surface area contributed by atoms with E-state index in [1.54, 1.807) is 13.8 Å². The molecule has 3 N–H and O–H groups in total. The molecule has 1 amide bonds. The van der Waals surface area contributed by atoms with Crippen LogP contribution < -0.4 is 5.73 Å². The highest BCUT2D eigenvalue weighted by atomic mass is 16.4. The van der Waals surface area contributed by atoms with Crippen molar-refractivity contribution < 1.29 is 14.7 Å². The average molecular weight is 286 g/mol. The SMILES string of the molecule is CCN(C(=O)CCC(CCN)C(C)C)C(C)(C)C(=O)O. The number of carboxylic acid groups (broad SMARTS) is 1. The molecule has 0 rings (SSSR count). The Hall–Kier alpha value is -1.10. The van der Waals surface area contributed by atoms with Crippen molar-refractivity contribution in [1.82, 2.24) is 4.90 Å². The number of hydrogen-bond acceptors (Lipinski definition) is 3. The topological polar surface area (TPSA) is 83.6 Å². The van der Waals surface area contributed by atoms with Gasteiger partial charge in [-0.25, -0.2) is 4.79 Å². The first kappa shape index (κ1) is 18.9. The summed E-state index contributed by atoms with van der Waals surface area (Å²) < 4.78 is 0. The van der Waals surface area contributed by atoms with Crippen LogP contribution in [0.15, 0.2) is 0 Å². The van der Waals surface area contributed by atoms with E-state index in [2.05, 4.69) is 13.8 Å². The lowest BCUT2D eigenvalue weighted by Gasteiger charge is -2.34. The van der Waals surface area contributed by atoms with Gasteiger partial charge in [0.25, 0.3) is 0 Å². The van der Waals surface area contributed by atoms with Crippen LogP contribution in [-0.2, 0) is 9.59 Å². The van der Waals surface area contributed by atoms with Crippen LogP contribution in [0.5, 0.6) is 0 Å². The number of carboxylic acids is 1. The van der Waals surface area contributed by atoms with Gasteiger partial charge in [0.1, 0.15) is 5.54 Å². The van der Waals surface area contributed by atoms with Gasteiger partial charge < -0.3 is 15.7 Å². The number of carbonyl (C=O) groups is 2. The Morgan fingerprint density at radius 2 is 1.80 bits per heavy atom. The molecule has 1 atom stereocenters. The maximum absolute atomic E-state index is 12.3. The van der Waals surface area contributed by atoms with E-state index in [0.717, 1.165) is 12.8 Å². The Kier molecular flexibility index (Phi) is 7.79. The van der Waals surface area contributed by atoms with Crippen molar-refractivity contribution in [2.75, 3.05) is 13.1 Å². The number of amides is 1. The Morgan fingerprint density at radius 1 is 1.25 bits per heavy atom. The number of hydrogen-bond donors (Lipinski definition) is 2. The van der Waals surface area contributed by atoms with Gasteiger partial charge in [-0.15, -0.1) is 0 Å². The van der Waals surface area contributed by atoms with Gasteiger partial charge in [-0.3, -0.25) is 4.79 Å². The predicted octanol–water partition coefficient (Wildman–Crippen LogP) is 2.10. The summed E-state index contributed by atoms with van der Waals surface area (Å²) in [5, 5.41) is 9.23. The van der Waals surface area contributed by atoms with Gasteiger partial charge in [0.15, 0.2) is 0 Å². The van der Waals surface area contributed by atoms with Crippen LogP contribution in [0.3, 0.4) is 0 Å². The van der Waals surface area contributed by atoms with Gasteiger partial charge >= 0.3 is 5.97 Å². The second kappa shape index (κ2) is 8.25. The van der Waals surface area contributed by atoms with Gasteiger partial charge in [0, 0.05) is 13.0 Å². The predicted molar refractivity (Wildman–Crippen MR) is 80.3 cm³/mol. The fraction of sp³-hybridized carbons (Fsp3) is 0.867. The van der Waals surface area contributed by atoms with Crippen LogP contribution in [0.25, 0.3) is 0 Å². The van der Waals surface area contributed by atoms with Crippen LogP contribution in [0.1, 0.15) is 53.9 Å². The van der Waals surface area contributed by atoms with E-state index < -0.39 is 11.5 Å². The average Bonchev–Trinajstić information content (AvgIpc) is 2.34. The summed E-state index contributed by atoms with van der Waals surface area (Å²) in [5.74, 6) is -0.179. The van der Waals surface area contributed by atoms with Crippen LogP contribution in [0.2, 0.25) is 0 Å². The number of aliphatic carboxylic acids is 1. The maximum Gasteiger partial charge on any atom is 0.329 e. The largest absolute Gasteiger partial charge is 0.480 e. The molecule has 0 saturated heterocycles. The zero-order valence-corrected chi connectivity index (χ0v) is 13.5. The molecule has 0 aliphatic rings. The van der Waals surface area contributed by atoms with Crippen molar-refractivity contribution in [2.45, 2.75) is 59.4 Å². The summed E-state index contributed by atoms with van der Waals surface area (Å²) in [5.41, 5.74) is 4.44. The molecular formula is C15H30N2O3. The Labute approximate surface area is 122 Å². The van der Waals surface area contributed by atoms with Crippen LogP contribution in [0, 0.1) is 11.8 Å². The van der Waals surface area contributed by atoms with Gasteiger partial charge in [0.2, 0.25) is 5.91 Å². The first-order valence-corrected chi connectivity index (χ1v) is 7.42. The molecule has 0 spiro atoms. The van der Waals surface area contributed by atoms with Gasteiger partial charge in [0.05, 0.1) is 0 Å². The first-order chi connectivity index (χ1) is 9.18. The molecule has 20 heavy (non-hydrogen) atoms. The number of nitrogens with zero attached hydrogens (tertiary/aromatic N) is 1. The van der Waals surface area contributed by atoms with E-state index in [1.165, 1.54) is 4.90 Å². The van der Waals surface area contributed by atoms with Gasteiger partial charge in [-0.2, -0.15) is 0 Å². The molecule has 0 heterocycles. The fourth-order valence-electron chi connectivity index (χ4n) is 2.47. The minimum absolute atomic E-state index is 0.0948. The molecule has 0 aromatic rings. The molecule has 118 valence electrons. The summed E-state index contributed by atoms with van der Waals surface area (Å²) >= 11 is 0. The van der Waals surface area contributed by atoms with E-state index in [4.69, 9.17) is 5.73 Å². The summed E-state index contributed by atoms with van der Waals surface area (Å²) in [6.45, 7) is 10.2. The van der Waals surface area contributed by atoms with Crippen molar-refractivity contribution in [3.63, 3.8) is 0 Å². The Morgan fingerprint density at radius 3 is 2.15 bits per heavy atom. The lowest BCUT2D eigenvalue weighted by molar-refractivity contribution is -0.156. The van der Waals surface area contributed by atoms with Crippen LogP contribution >= 0.6 is 0 Å². The highest BCUT2D eigenvalue weighted by Crippen LogP contribution is 2.23. The molecule has 0 aliphatic carbocycles. The molecule has 0 saturated carbocycles. The molecule has 0 radical (unpaired) electrons. The van der Waals surface area contributed by atoms with E-state index in [1.807, 2.05) is 6.92 Å². The minimum Gasteiger partial charge on any atom is -0.480 e. The molecule has 5 heteroatoms. The number of rotatable bonds is 9. The second-order valence-corrected chi connectivity index (χ2v) is 6.12. The third-order valence-corrected chi connectivity index (χ3v) is 4.02. The zero-order valence-electron chi connectivity index (χ0n) is 13.5. The number of carbonyl (C=O) groups excluding carboxylic acids is 1. The van der Waals surface area contributed by atoms with Crippen molar-refractivity contribution in [3.8, 4) is 0 Å². The van der Waals surface area contributed by atoms with Gasteiger partial charge in [-0.1, -0.05) is 13.8 Å². The second-order valence-electron chi connectivity index (χ2n) is 6.12. The smallest absolute Gasteiger partial charge is 0.329 e. The number of nitrogens with two attached hydrogens (primary N) is 1. The van der Waals surface area contributed by atoms with Crippen LogP contribution in [0.4, 0.5) is 0 Å². The van der Waals surface area contributed by atoms with Gasteiger partial charge in [-0.05, 0) is 52.0 Å².